The molecule has 0 spiro atoms. The number of carbonyl (C=O) groups is 2. The van der Waals surface area contributed by atoms with Crippen molar-refractivity contribution in [1.82, 2.24) is 10.6 Å². The van der Waals surface area contributed by atoms with Crippen LogP contribution in [0.4, 0.5) is 43.9 Å². The lowest BCUT2D eigenvalue weighted by atomic mass is 10.1. The molecule has 0 aromatic heterocycles. The van der Waals surface area contributed by atoms with Gasteiger partial charge < -0.3 is 24.8 Å². The molecule has 2 amide bonds. The molecule has 1 aliphatic rings. The van der Waals surface area contributed by atoms with E-state index in [1.54, 1.807) is 13.8 Å². The van der Waals surface area contributed by atoms with Gasteiger partial charge in [0.2, 0.25) is 23.4 Å². The van der Waals surface area contributed by atoms with Crippen LogP contribution in [0.5, 0.6) is 0 Å². The van der Waals surface area contributed by atoms with Crippen LogP contribution >= 0.6 is 0 Å². The molecule has 1 aliphatic heterocycles. The molecule has 2 aromatic rings. The minimum Gasteiger partial charge on any atom is -0.353 e. The topological polar surface area (TPSA) is 85.9 Å². The first kappa shape index (κ1) is 34.1. The molecule has 238 valence electrons. The molecule has 17 heteroatoms. The molecule has 1 fully saturated rings. The van der Waals surface area contributed by atoms with Crippen molar-refractivity contribution in [3.8, 4) is 0 Å². The lowest BCUT2D eigenvalue weighted by Gasteiger charge is -2.18. The maximum absolute atomic E-state index is 13.9. The number of rotatable bonds is 12. The van der Waals surface area contributed by atoms with Gasteiger partial charge in [-0.1, -0.05) is 0 Å². The molecule has 0 radical (unpaired) electrons. The SMILES string of the molecule is CC(C)OC1OC(CNC(=O)CCc2c(F)c(F)c(F)c(F)c2F)C(CNC(=O)CCc2c(F)c(F)c(F)c(F)c2F)O1. The van der Waals surface area contributed by atoms with Gasteiger partial charge in [0.1, 0.15) is 12.2 Å². The summed E-state index contributed by atoms with van der Waals surface area (Å²) >= 11 is 0. The lowest BCUT2D eigenvalue weighted by molar-refractivity contribution is -0.256. The second-order valence-electron chi connectivity index (χ2n) is 9.53. The highest BCUT2D eigenvalue weighted by atomic mass is 19.2. The van der Waals surface area contributed by atoms with Gasteiger partial charge in [-0.05, 0) is 26.7 Å². The molecule has 3 rings (SSSR count). The van der Waals surface area contributed by atoms with E-state index in [4.69, 9.17) is 14.2 Å². The Bertz CT molecular complexity index is 1220. The van der Waals surface area contributed by atoms with E-state index in [2.05, 4.69) is 10.6 Å². The molecule has 2 unspecified atom stereocenters. The minimum absolute atomic E-state index is 0.334. The van der Waals surface area contributed by atoms with Crippen LogP contribution < -0.4 is 10.6 Å². The Hall–Kier alpha value is -3.44. The first-order valence-corrected chi connectivity index (χ1v) is 12.6. The number of benzene rings is 2. The van der Waals surface area contributed by atoms with Crippen molar-refractivity contribution in [2.75, 3.05) is 13.1 Å². The summed E-state index contributed by atoms with van der Waals surface area (Å²) in [6.45, 7) is 1.33. The number of hydrogen-bond donors (Lipinski definition) is 2. The predicted molar refractivity (Wildman–Crippen MR) is 125 cm³/mol. The van der Waals surface area contributed by atoms with Crippen LogP contribution in [0.2, 0.25) is 0 Å². The highest BCUT2D eigenvalue weighted by molar-refractivity contribution is 5.76. The summed E-state index contributed by atoms with van der Waals surface area (Å²) in [6.07, 6.45) is -5.47. The molecule has 0 bridgehead atoms. The fourth-order valence-corrected chi connectivity index (χ4v) is 3.96. The normalized spacial score (nSPS) is 18.4. The summed E-state index contributed by atoms with van der Waals surface area (Å²) in [6, 6.07) is 0. The molecule has 1 heterocycles. The average molecular weight is 634 g/mol. The fraction of sp³-hybridized carbons (Fsp3) is 0.462. The van der Waals surface area contributed by atoms with Gasteiger partial charge in [0.15, 0.2) is 46.5 Å². The summed E-state index contributed by atoms with van der Waals surface area (Å²) < 4.78 is 152. The Labute approximate surface area is 237 Å². The summed E-state index contributed by atoms with van der Waals surface area (Å²) in [5, 5.41) is 4.67. The van der Waals surface area contributed by atoms with Gasteiger partial charge in [-0.15, -0.1) is 0 Å². The van der Waals surface area contributed by atoms with E-state index < -0.39 is 132 Å². The number of amides is 2. The molecule has 0 saturated carbocycles. The van der Waals surface area contributed by atoms with E-state index in [0.717, 1.165) is 0 Å². The third-order valence-electron chi connectivity index (χ3n) is 6.18. The zero-order valence-electron chi connectivity index (χ0n) is 22.4. The smallest absolute Gasteiger partial charge is 0.272 e. The monoisotopic (exact) mass is 634 g/mol. The minimum atomic E-state index is -2.34. The number of carbonyl (C=O) groups excluding carboxylic acids is 2. The van der Waals surface area contributed by atoms with Crippen LogP contribution in [-0.4, -0.2) is 49.7 Å². The van der Waals surface area contributed by atoms with Crippen molar-refractivity contribution in [1.29, 1.82) is 0 Å². The summed E-state index contributed by atoms with van der Waals surface area (Å²) in [5.74, 6) is -23.3. The Morgan fingerprint density at radius 3 is 1.21 bits per heavy atom. The Morgan fingerprint density at radius 1 is 0.605 bits per heavy atom. The van der Waals surface area contributed by atoms with Crippen LogP contribution in [0.15, 0.2) is 0 Å². The average Bonchev–Trinajstić information content (AvgIpc) is 3.35. The van der Waals surface area contributed by atoms with Crippen molar-refractivity contribution in [2.24, 2.45) is 0 Å². The first-order chi connectivity index (χ1) is 20.1. The second kappa shape index (κ2) is 14.4. The van der Waals surface area contributed by atoms with Crippen molar-refractivity contribution < 1.29 is 67.7 Å². The van der Waals surface area contributed by atoms with E-state index in [0.29, 0.717) is 0 Å². The zero-order valence-corrected chi connectivity index (χ0v) is 22.4. The van der Waals surface area contributed by atoms with Gasteiger partial charge in [-0.2, -0.15) is 0 Å². The van der Waals surface area contributed by atoms with Crippen LogP contribution in [0.3, 0.4) is 0 Å². The van der Waals surface area contributed by atoms with Gasteiger partial charge in [0.05, 0.1) is 6.10 Å². The number of hydrogen-bond acceptors (Lipinski definition) is 5. The van der Waals surface area contributed by atoms with E-state index in [1.165, 1.54) is 0 Å². The third-order valence-corrected chi connectivity index (χ3v) is 6.18. The molecule has 0 aliphatic carbocycles. The van der Waals surface area contributed by atoms with Crippen LogP contribution in [0.25, 0.3) is 0 Å². The standard InChI is InChI=1S/C26H24F10N2O5/c1-9(2)41-26-42-12(7-37-14(39)5-3-10-16(27)20(31)24(35)21(32)17(10)28)13(43-26)8-38-15(40)6-4-11-18(29)22(33)25(36)23(34)19(11)30/h9,12-13,26H,3-8H2,1-2H3,(H,37,39)(H,38,40). The Kier molecular flexibility index (Phi) is 11.4. The van der Waals surface area contributed by atoms with Gasteiger partial charge in [0, 0.05) is 37.1 Å². The Balaban J connectivity index is 1.57. The molecule has 2 N–H and O–H groups in total. The fourth-order valence-electron chi connectivity index (χ4n) is 3.96. The van der Waals surface area contributed by atoms with Crippen molar-refractivity contribution in [3.05, 3.63) is 69.3 Å². The highest BCUT2D eigenvalue weighted by Gasteiger charge is 2.38. The van der Waals surface area contributed by atoms with Crippen LogP contribution in [0, 0.1) is 58.2 Å². The van der Waals surface area contributed by atoms with Crippen LogP contribution in [0.1, 0.15) is 37.8 Å². The van der Waals surface area contributed by atoms with E-state index in [-0.39, 0.29) is 13.1 Å². The van der Waals surface area contributed by atoms with E-state index in [1.807, 2.05) is 0 Å². The van der Waals surface area contributed by atoms with Gasteiger partial charge in [-0.3, -0.25) is 9.59 Å². The highest BCUT2D eigenvalue weighted by Crippen LogP contribution is 2.26. The molecule has 43 heavy (non-hydrogen) atoms. The summed E-state index contributed by atoms with van der Waals surface area (Å²) in [7, 11) is 0. The third kappa shape index (κ3) is 7.94. The molecular weight excluding hydrogens is 610 g/mol. The van der Waals surface area contributed by atoms with Gasteiger partial charge in [0.25, 0.3) is 6.48 Å². The quantitative estimate of drug-likeness (QED) is 0.206. The Morgan fingerprint density at radius 2 is 0.907 bits per heavy atom. The molecule has 2 aromatic carbocycles. The maximum Gasteiger partial charge on any atom is 0.272 e. The largest absolute Gasteiger partial charge is 0.353 e. The molecule has 2 atom stereocenters. The molecule has 1 saturated heterocycles. The number of halogens is 10. The number of nitrogens with one attached hydrogen (secondary N) is 2. The zero-order chi connectivity index (χ0) is 32.2. The lowest BCUT2D eigenvalue weighted by Crippen LogP contribution is -2.43. The number of ether oxygens (including phenoxy) is 3. The first-order valence-electron chi connectivity index (χ1n) is 12.6. The van der Waals surface area contributed by atoms with Gasteiger partial charge in [-0.25, -0.2) is 43.9 Å². The van der Waals surface area contributed by atoms with Crippen LogP contribution in [-0.2, 0) is 36.6 Å². The van der Waals surface area contributed by atoms with E-state index >= 15 is 0 Å². The molecular formula is C26H24F10N2O5. The predicted octanol–water partition coefficient (Wildman–Crippen LogP) is 4.37. The summed E-state index contributed by atoms with van der Waals surface area (Å²) in [5.41, 5.74) is -2.35. The maximum atomic E-state index is 13.9. The summed E-state index contributed by atoms with van der Waals surface area (Å²) in [4.78, 5) is 24.5. The molecule has 7 nitrogen and oxygen atoms in total. The van der Waals surface area contributed by atoms with Crippen molar-refractivity contribution in [3.63, 3.8) is 0 Å². The van der Waals surface area contributed by atoms with Gasteiger partial charge >= 0.3 is 0 Å². The second-order valence-corrected chi connectivity index (χ2v) is 9.53. The van der Waals surface area contributed by atoms with Crippen molar-refractivity contribution in [2.45, 2.75) is 64.3 Å². The van der Waals surface area contributed by atoms with Crippen molar-refractivity contribution >= 4 is 11.8 Å². The van der Waals surface area contributed by atoms with E-state index in [9.17, 15) is 53.5 Å².